The third kappa shape index (κ3) is 4.13. The zero-order valence-corrected chi connectivity index (χ0v) is 15.8. The molecule has 1 aliphatic rings. The number of benzene rings is 1. The molecule has 1 aromatic heterocycles. The molecular weight excluding hydrogens is 362 g/mol. The number of methoxy groups -OCH3 is 1. The normalized spacial score (nSPS) is 14.4. The fourth-order valence-electron chi connectivity index (χ4n) is 3.12. The Morgan fingerprint density at radius 1 is 1.25 bits per heavy atom. The second kappa shape index (κ2) is 8.55. The Kier molecular flexibility index (Phi) is 5.93. The minimum atomic E-state index is -0.769. The second-order valence-electron chi connectivity index (χ2n) is 6.44. The summed E-state index contributed by atoms with van der Waals surface area (Å²) >= 11 is 0. The van der Waals surface area contributed by atoms with E-state index in [1.165, 1.54) is 6.20 Å². The number of nitrogens with one attached hydrogen (secondary N) is 2. The predicted octanol–water partition coefficient (Wildman–Crippen LogP) is 1.89. The summed E-state index contributed by atoms with van der Waals surface area (Å²) in [5, 5.41) is 14.9. The van der Waals surface area contributed by atoms with E-state index in [-0.39, 0.29) is 11.8 Å². The van der Waals surface area contributed by atoms with E-state index in [2.05, 4.69) is 20.6 Å². The van der Waals surface area contributed by atoms with E-state index in [4.69, 9.17) is 9.84 Å². The summed E-state index contributed by atoms with van der Waals surface area (Å²) in [4.78, 5) is 34.2. The number of aromatic nitrogens is 2. The molecule has 2 aromatic rings. The predicted molar refractivity (Wildman–Crippen MR) is 104 cm³/mol. The lowest BCUT2D eigenvalue weighted by Crippen LogP contribution is -2.37. The molecule has 0 saturated carbocycles. The number of nitrogens with zero attached hydrogens (tertiary/aromatic N) is 3. The smallest absolute Gasteiger partial charge is 0.306 e. The Labute approximate surface area is 162 Å². The van der Waals surface area contributed by atoms with Gasteiger partial charge in [0.1, 0.15) is 17.1 Å². The zero-order chi connectivity index (χ0) is 20.1. The minimum Gasteiger partial charge on any atom is -0.495 e. The molecule has 148 valence electrons. The Bertz CT molecular complexity index is 865. The van der Waals surface area contributed by atoms with E-state index < -0.39 is 5.97 Å². The first-order valence-electron chi connectivity index (χ1n) is 9.00. The van der Waals surface area contributed by atoms with Crippen LogP contribution in [0.3, 0.4) is 0 Å². The molecule has 9 heteroatoms. The Balaban J connectivity index is 1.89. The summed E-state index contributed by atoms with van der Waals surface area (Å²) in [5.41, 5.74) is 0.974. The average Bonchev–Trinajstić information content (AvgIpc) is 2.73. The molecule has 3 N–H and O–H groups in total. The summed E-state index contributed by atoms with van der Waals surface area (Å²) in [6, 6.07) is 7.33. The van der Waals surface area contributed by atoms with Crippen molar-refractivity contribution in [1.82, 2.24) is 15.3 Å². The van der Waals surface area contributed by atoms with Gasteiger partial charge in [0.05, 0.1) is 18.7 Å². The molecule has 1 aromatic carbocycles. The molecule has 28 heavy (non-hydrogen) atoms. The number of anilines is 3. The maximum atomic E-state index is 12.2. The number of hydrogen-bond donors (Lipinski definition) is 3. The van der Waals surface area contributed by atoms with Crippen LogP contribution in [0.1, 0.15) is 23.2 Å². The SMILES string of the molecule is CNC(=O)c1cnc(N2CCC(C(=O)O)CC2)nc1Nc1ccccc1OC. The van der Waals surface area contributed by atoms with Gasteiger partial charge in [-0.3, -0.25) is 9.59 Å². The van der Waals surface area contributed by atoms with Crippen LogP contribution in [-0.2, 0) is 4.79 Å². The van der Waals surface area contributed by atoms with Crippen LogP contribution < -0.4 is 20.3 Å². The van der Waals surface area contributed by atoms with Crippen LogP contribution in [0, 0.1) is 5.92 Å². The van der Waals surface area contributed by atoms with Crippen LogP contribution in [0.5, 0.6) is 5.75 Å². The van der Waals surface area contributed by atoms with Crippen LogP contribution in [-0.4, -0.2) is 54.2 Å². The van der Waals surface area contributed by atoms with Crippen LogP contribution in [0.2, 0.25) is 0 Å². The highest BCUT2D eigenvalue weighted by atomic mass is 16.5. The summed E-state index contributed by atoms with van der Waals surface area (Å²) in [6.07, 6.45) is 2.54. The zero-order valence-electron chi connectivity index (χ0n) is 15.8. The first-order valence-corrected chi connectivity index (χ1v) is 9.00. The Morgan fingerprint density at radius 2 is 1.96 bits per heavy atom. The highest BCUT2D eigenvalue weighted by molar-refractivity contribution is 5.99. The molecule has 1 fully saturated rings. The van der Waals surface area contributed by atoms with Gasteiger partial charge in [0.25, 0.3) is 5.91 Å². The number of para-hydroxylation sites is 2. The van der Waals surface area contributed by atoms with Crippen LogP contribution >= 0.6 is 0 Å². The molecule has 0 atom stereocenters. The monoisotopic (exact) mass is 385 g/mol. The number of carbonyl (C=O) groups is 2. The van der Waals surface area contributed by atoms with Gasteiger partial charge >= 0.3 is 5.97 Å². The number of carboxylic acid groups (broad SMARTS) is 1. The van der Waals surface area contributed by atoms with E-state index in [1.54, 1.807) is 20.2 Å². The summed E-state index contributed by atoms with van der Waals surface area (Å²) in [7, 11) is 3.11. The number of hydrogen-bond acceptors (Lipinski definition) is 7. The maximum absolute atomic E-state index is 12.2. The minimum absolute atomic E-state index is 0.303. The van der Waals surface area contributed by atoms with Gasteiger partial charge in [0, 0.05) is 26.3 Å². The molecule has 0 radical (unpaired) electrons. The number of amides is 1. The first-order chi connectivity index (χ1) is 13.5. The Hall–Kier alpha value is -3.36. The van der Waals surface area contributed by atoms with Gasteiger partial charge in [-0.1, -0.05) is 12.1 Å². The number of carbonyl (C=O) groups excluding carboxylic acids is 1. The van der Waals surface area contributed by atoms with Gasteiger partial charge in [0.2, 0.25) is 5.95 Å². The highest BCUT2D eigenvalue weighted by Gasteiger charge is 2.26. The number of carboxylic acids is 1. The average molecular weight is 385 g/mol. The van der Waals surface area contributed by atoms with E-state index in [0.717, 1.165) is 0 Å². The molecule has 2 heterocycles. The van der Waals surface area contributed by atoms with Gasteiger partial charge in [-0.05, 0) is 25.0 Å². The van der Waals surface area contributed by atoms with Crippen molar-refractivity contribution in [3.05, 3.63) is 36.0 Å². The second-order valence-corrected chi connectivity index (χ2v) is 6.44. The molecule has 3 rings (SSSR count). The van der Waals surface area contributed by atoms with E-state index in [9.17, 15) is 9.59 Å². The van der Waals surface area contributed by atoms with Crippen molar-refractivity contribution in [3.8, 4) is 5.75 Å². The third-order valence-electron chi connectivity index (χ3n) is 4.73. The summed E-state index contributed by atoms with van der Waals surface area (Å²) < 4.78 is 5.35. The van der Waals surface area contributed by atoms with Crippen LogP contribution in [0.4, 0.5) is 17.5 Å². The number of aliphatic carboxylic acids is 1. The molecule has 0 spiro atoms. The van der Waals surface area contributed by atoms with Crippen LogP contribution in [0.15, 0.2) is 30.5 Å². The number of ether oxygens (including phenoxy) is 1. The molecule has 0 bridgehead atoms. The van der Waals surface area contributed by atoms with Crippen molar-refractivity contribution in [2.75, 3.05) is 37.5 Å². The van der Waals surface area contributed by atoms with E-state index in [1.807, 2.05) is 23.1 Å². The molecule has 1 saturated heterocycles. The largest absolute Gasteiger partial charge is 0.495 e. The molecular formula is C19H23N5O4. The quantitative estimate of drug-likeness (QED) is 0.690. The van der Waals surface area contributed by atoms with Crippen LogP contribution in [0.25, 0.3) is 0 Å². The van der Waals surface area contributed by atoms with E-state index >= 15 is 0 Å². The van der Waals surface area contributed by atoms with Crippen molar-refractivity contribution >= 4 is 29.3 Å². The topological polar surface area (TPSA) is 117 Å². The van der Waals surface area contributed by atoms with Gasteiger partial charge in [-0.15, -0.1) is 0 Å². The van der Waals surface area contributed by atoms with Gasteiger partial charge in [-0.2, -0.15) is 4.98 Å². The fourth-order valence-corrected chi connectivity index (χ4v) is 3.12. The highest BCUT2D eigenvalue weighted by Crippen LogP contribution is 2.29. The molecule has 1 aliphatic heterocycles. The van der Waals surface area contributed by atoms with Crippen molar-refractivity contribution in [2.24, 2.45) is 5.92 Å². The Morgan fingerprint density at radius 3 is 2.61 bits per heavy atom. The molecule has 1 amide bonds. The lowest BCUT2D eigenvalue weighted by Gasteiger charge is -2.30. The maximum Gasteiger partial charge on any atom is 0.306 e. The summed E-state index contributed by atoms with van der Waals surface area (Å²) in [6.45, 7) is 1.09. The van der Waals surface area contributed by atoms with Gasteiger partial charge < -0.3 is 25.4 Å². The van der Waals surface area contributed by atoms with Crippen molar-refractivity contribution in [2.45, 2.75) is 12.8 Å². The fraction of sp³-hybridized carbons (Fsp3) is 0.368. The third-order valence-corrected chi connectivity index (χ3v) is 4.73. The molecule has 0 aliphatic carbocycles. The number of piperidine rings is 1. The number of rotatable bonds is 6. The molecule has 0 unspecified atom stereocenters. The lowest BCUT2D eigenvalue weighted by atomic mass is 9.97. The van der Waals surface area contributed by atoms with Gasteiger partial charge in [-0.25, -0.2) is 4.98 Å². The van der Waals surface area contributed by atoms with E-state index in [0.29, 0.717) is 54.7 Å². The van der Waals surface area contributed by atoms with Crippen molar-refractivity contribution in [3.63, 3.8) is 0 Å². The first kappa shape index (κ1) is 19.4. The van der Waals surface area contributed by atoms with Crippen molar-refractivity contribution in [1.29, 1.82) is 0 Å². The molecule has 9 nitrogen and oxygen atoms in total. The standard InChI is InChI=1S/C19H23N5O4/c1-20-17(25)13-11-21-19(24-9-7-12(8-10-24)18(26)27)23-16(13)22-14-5-3-4-6-15(14)28-2/h3-6,11-12H,7-10H2,1-2H3,(H,20,25)(H,26,27)(H,21,22,23). The summed E-state index contributed by atoms with van der Waals surface area (Å²) in [5.74, 6) is 0.00560. The van der Waals surface area contributed by atoms with Crippen molar-refractivity contribution < 1.29 is 19.4 Å². The lowest BCUT2D eigenvalue weighted by molar-refractivity contribution is -0.142. The van der Waals surface area contributed by atoms with Gasteiger partial charge in [0.15, 0.2) is 0 Å².